The Morgan fingerprint density at radius 2 is 2.07 bits per heavy atom. The van der Waals surface area contributed by atoms with Gasteiger partial charge in [-0.05, 0) is 12.1 Å². The van der Waals surface area contributed by atoms with E-state index in [2.05, 4.69) is 5.32 Å². The predicted molar refractivity (Wildman–Crippen MR) is 53.0 cm³/mol. The van der Waals surface area contributed by atoms with Crippen LogP contribution in [0.15, 0.2) is 30.3 Å². The van der Waals surface area contributed by atoms with E-state index in [0.29, 0.717) is 18.4 Å². The van der Waals surface area contributed by atoms with Gasteiger partial charge in [0.25, 0.3) is 0 Å². The van der Waals surface area contributed by atoms with Gasteiger partial charge in [-0.15, -0.1) is 0 Å². The zero-order chi connectivity index (χ0) is 10.7. The summed E-state index contributed by atoms with van der Waals surface area (Å²) >= 11 is 0. The molecule has 78 valence electrons. The van der Waals surface area contributed by atoms with Gasteiger partial charge in [-0.25, -0.2) is 4.79 Å². The molecule has 0 aliphatic carbocycles. The van der Waals surface area contributed by atoms with E-state index in [-0.39, 0.29) is 5.91 Å². The molecule has 4 heteroatoms. The third-order valence-corrected chi connectivity index (χ3v) is 2.21. The Balaban J connectivity index is 1.96. The fourth-order valence-corrected chi connectivity index (χ4v) is 1.45. The molecule has 1 atom stereocenters. The summed E-state index contributed by atoms with van der Waals surface area (Å²) in [5, 5.41) is 2.57. The first-order valence-corrected chi connectivity index (χ1v) is 4.81. The van der Waals surface area contributed by atoms with E-state index in [1.54, 1.807) is 24.3 Å². The van der Waals surface area contributed by atoms with Crippen LogP contribution in [0.25, 0.3) is 0 Å². The Hall–Kier alpha value is -1.84. The third kappa shape index (κ3) is 2.34. The molecule has 0 saturated carbocycles. The molecule has 1 heterocycles. The van der Waals surface area contributed by atoms with Crippen LogP contribution in [-0.2, 0) is 9.53 Å². The average molecular weight is 205 g/mol. The van der Waals surface area contributed by atoms with Gasteiger partial charge in [-0.3, -0.25) is 4.79 Å². The number of carbonyl (C=O) groups excluding carboxylic acids is 2. The summed E-state index contributed by atoms with van der Waals surface area (Å²) in [7, 11) is 0. The van der Waals surface area contributed by atoms with Crippen molar-refractivity contribution < 1.29 is 14.3 Å². The van der Waals surface area contributed by atoms with Crippen LogP contribution in [0.1, 0.15) is 23.2 Å². The number of hydrogen-bond acceptors (Lipinski definition) is 3. The first-order valence-electron chi connectivity index (χ1n) is 4.81. The van der Waals surface area contributed by atoms with Crippen molar-refractivity contribution in [2.75, 3.05) is 0 Å². The number of esters is 1. The minimum Gasteiger partial charge on any atom is -0.438 e. The minimum atomic E-state index is -0.467. The number of rotatable bonds is 2. The van der Waals surface area contributed by atoms with Gasteiger partial charge in [0, 0.05) is 12.8 Å². The second-order valence-corrected chi connectivity index (χ2v) is 3.37. The Bertz CT molecular complexity index is 375. The lowest BCUT2D eigenvalue weighted by molar-refractivity contribution is -0.120. The highest BCUT2D eigenvalue weighted by Crippen LogP contribution is 2.10. The van der Waals surface area contributed by atoms with Crippen LogP contribution < -0.4 is 5.32 Å². The Labute approximate surface area is 87.2 Å². The van der Waals surface area contributed by atoms with Crippen LogP contribution in [0, 0.1) is 0 Å². The molecule has 1 aliphatic rings. The van der Waals surface area contributed by atoms with Crippen molar-refractivity contribution in [3.05, 3.63) is 35.9 Å². The number of ether oxygens (including phenoxy) is 1. The first-order chi connectivity index (χ1) is 7.25. The first kappa shape index (κ1) is 9.71. The highest BCUT2D eigenvalue weighted by molar-refractivity contribution is 5.89. The zero-order valence-electron chi connectivity index (χ0n) is 8.10. The molecule has 1 unspecified atom stereocenters. The summed E-state index contributed by atoms with van der Waals surface area (Å²) in [5.41, 5.74) is 0.499. The topological polar surface area (TPSA) is 55.4 Å². The van der Waals surface area contributed by atoms with Crippen LogP contribution in [0.3, 0.4) is 0 Å². The van der Waals surface area contributed by atoms with Crippen molar-refractivity contribution in [3.8, 4) is 0 Å². The smallest absolute Gasteiger partial charge is 0.340 e. The van der Waals surface area contributed by atoms with Crippen molar-refractivity contribution in [3.63, 3.8) is 0 Å². The maximum Gasteiger partial charge on any atom is 0.340 e. The number of benzene rings is 1. The summed E-state index contributed by atoms with van der Waals surface area (Å²) in [4.78, 5) is 22.4. The molecule has 1 fully saturated rings. The quantitative estimate of drug-likeness (QED) is 0.735. The van der Waals surface area contributed by atoms with Crippen LogP contribution >= 0.6 is 0 Å². The van der Waals surface area contributed by atoms with Crippen LogP contribution in [0.2, 0.25) is 0 Å². The van der Waals surface area contributed by atoms with Crippen molar-refractivity contribution in [1.82, 2.24) is 5.32 Å². The highest BCUT2D eigenvalue weighted by atomic mass is 16.6. The molecule has 2 rings (SSSR count). The summed E-state index contributed by atoms with van der Waals surface area (Å²) in [6, 6.07) is 8.72. The summed E-state index contributed by atoms with van der Waals surface area (Å²) in [5.74, 6) is -0.469. The molecule has 1 aromatic rings. The standard InChI is InChI=1S/C11H11NO3/c13-9-6-7-10(12-9)15-11(14)8-4-2-1-3-5-8/h1-5,10H,6-7H2,(H,12,13). The molecule has 0 bridgehead atoms. The Morgan fingerprint density at radius 3 is 2.67 bits per heavy atom. The molecule has 1 aromatic carbocycles. The maximum atomic E-state index is 11.5. The number of hydrogen-bond donors (Lipinski definition) is 1. The summed E-state index contributed by atoms with van der Waals surface area (Å²) < 4.78 is 5.10. The van der Waals surface area contributed by atoms with Gasteiger partial charge < -0.3 is 10.1 Å². The average Bonchev–Trinajstić information content (AvgIpc) is 2.65. The van der Waals surface area contributed by atoms with Gasteiger partial charge in [0.2, 0.25) is 5.91 Å². The lowest BCUT2D eigenvalue weighted by atomic mass is 10.2. The third-order valence-electron chi connectivity index (χ3n) is 2.21. The fraction of sp³-hybridized carbons (Fsp3) is 0.273. The van der Waals surface area contributed by atoms with Gasteiger partial charge in [-0.1, -0.05) is 18.2 Å². The van der Waals surface area contributed by atoms with E-state index < -0.39 is 12.2 Å². The second kappa shape index (κ2) is 4.13. The Morgan fingerprint density at radius 1 is 1.33 bits per heavy atom. The van der Waals surface area contributed by atoms with Crippen molar-refractivity contribution >= 4 is 11.9 Å². The van der Waals surface area contributed by atoms with Crippen molar-refractivity contribution in [2.24, 2.45) is 0 Å². The van der Waals surface area contributed by atoms with Gasteiger partial charge in [0.05, 0.1) is 5.56 Å². The van der Waals surface area contributed by atoms with E-state index in [4.69, 9.17) is 4.74 Å². The lowest BCUT2D eigenvalue weighted by Crippen LogP contribution is -2.30. The number of nitrogens with one attached hydrogen (secondary N) is 1. The minimum absolute atomic E-state index is 0.0686. The van der Waals surface area contributed by atoms with E-state index in [1.165, 1.54) is 0 Å². The van der Waals surface area contributed by atoms with Gasteiger partial charge in [0.15, 0.2) is 6.23 Å². The fourth-order valence-electron chi connectivity index (χ4n) is 1.45. The van der Waals surface area contributed by atoms with E-state index >= 15 is 0 Å². The molecule has 1 saturated heterocycles. The second-order valence-electron chi connectivity index (χ2n) is 3.37. The van der Waals surface area contributed by atoms with Crippen LogP contribution in [-0.4, -0.2) is 18.1 Å². The molecular formula is C11H11NO3. The monoisotopic (exact) mass is 205 g/mol. The molecule has 15 heavy (non-hydrogen) atoms. The predicted octanol–water partition coefficient (Wildman–Crippen LogP) is 1.08. The maximum absolute atomic E-state index is 11.5. The molecule has 0 aromatic heterocycles. The molecule has 0 spiro atoms. The molecular weight excluding hydrogens is 194 g/mol. The normalized spacial score (nSPS) is 19.7. The number of carbonyl (C=O) groups is 2. The SMILES string of the molecule is O=C1CCC(OC(=O)c2ccccc2)N1. The van der Waals surface area contributed by atoms with Crippen LogP contribution in [0.4, 0.5) is 0 Å². The van der Waals surface area contributed by atoms with E-state index in [1.807, 2.05) is 6.07 Å². The largest absolute Gasteiger partial charge is 0.438 e. The molecule has 1 N–H and O–H groups in total. The molecule has 1 amide bonds. The molecule has 0 radical (unpaired) electrons. The van der Waals surface area contributed by atoms with Gasteiger partial charge in [-0.2, -0.15) is 0 Å². The zero-order valence-corrected chi connectivity index (χ0v) is 8.10. The number of amides is 1. The highest BCUT2D eigenvalue weighted by Gasteiger charge is 2.24. The summed E-state index contributed by atoms with van der Waals surface area (Å²) in [6.45, 7) is 0. The van der Waals surface area contributed by atoms with Crippen molar-refractivity contribution in [1.29, 1.82) is 0 Å². The molecule has 4 nitrogen and oxygen atoms in total. The van der Waals surface area contributed by atoms with Gasteiger partial charge >= 0.3 is 5.97 Å². The van der Waals surface area contributed by atoms with Gasteiger partial charge in [0.1, 0.15) is 0 Å². The molecule has 1 aliphatic heterocycles. The van der Waals surface area contributed by atoms with Crippen molar-refractivity contribution in [2.45, 2.75) is 19.1 Å². The summed E-state index contributed by atoms with van der Waals surface area (Å²) in [6.07, 6.45) is 0.509. The Kier molecular flexibility index (Phi) is 2.67. The van der Waals surface area contributed by atoms with E-state index in [9.17, 15) is 9.59 Å². The van der Waals surface area contributed by atoms with Crippen LogP contribution in [0.5, 0.6) is 0 Å². The van der Waals surface area contributed by atoms with E-state index in [0.717, 1.165) is 0 Å². The lowest BCUT2D eigenvalue weighted by Gasteiger charge is -2.11.